The number of hydrogen-bond acceptors (Lipinski definition) is 5. The fourth-order valence-corrected chi connectivity index (χ4v) is 2.95. The number of nitrogens with two attached hydrogens (primary N) is 1. The van der Waals surface area contributed by atoms with Crippen LogP contribution in [-0.2, 0) is 16.0 Å². The number of aliphatic hydroxyl groups is 1. The zero-order valence-corrected chi connectivity index (χ0v) is 11.7. The van der Waals surface area contributed by atoms with Crippen LogP contribution in [0, 0.1) is 5.92 Å². The number of nitrogens with one attached hydrogen (secondary N) is 1. The Balaban J connectivity index is 2.32. The van der Waals surface area contributed by atoms with Crippen LogP contribution >= 0.6 is 0 Å². The van der Waals surface area contributed by atoms with Crippen LogP contribution in [0.15, 0.2) is 30.3 Å². The third-order valence-electron chi connectivity index (χ3n) is 4.08. The van der Waals surface area contributed by atoms with Crippen LogP contribution in [0.3, 0.4) is 0 Å². The van der Waals surface area contributed by atoms with Gasteiger partial charge < -0.3 is 21.3 Å². The molecule has 0 bridgehead atoms. The molecule has 3 atom stereocenters. The van der Waals surface area contributed by atoms with Gasteiger partial charge >= 0.3 is 5.97 Å². The zero-order valence-electron chi connectivity index (χ0n) is 11.7. The number of ketones is 1. The highest BCUT2D eigenvalue weighted by molar-refractivity contribution is 5.94. The highest BCUT2D eigenvalue weighted by atomic mass is 16.4. The summed E-state index contributed by atoms with van der Waals surface area (Å²) < 4.78 is 0. The number of hydrogen-bond donors (Lipinski definition) is 4. The molecular formula is C15H20N2O4. The molecule has 5 N–H and O–H groups in total. The van der Waals surface area contributed by atoms with Gasteiger partial charge in [-0.2, -0.15) is 0 Å². The zero-order chi connectivity index (χ0) is 15.5. The highest BCUT2D eigenvalue weighted by Crippen LogP contribution is 2.32. The van der Waals surface area contributed by atoms with E-state index < -0.39 is 35.9 Å². The van der Waals surface area contributed by atoms with E-state index in [4.69, 9.17) is 10.8 Å². The van der Waals surface area contributed by atoms with Gasteiger partial charge in [0.2, 0.25) is 0 Å². The quantitative estimate of drug-likeness (QED) is 0.565. The predicted molar refractivity (Wildman–Crippen MR) is 76.7 cm³/mol. The second-order valence-corrected chi connectivity index (χ2v) is 5.40. The number of carboxylic acid groups (broad SMARTS) is 1. The summed E-state index contributed by atoms with van der Waals surface area (Å²) in [5.74, 6) is -2.20. The molecule has 0 spiro atoms. The molecule has 21 heavy (non-hydrogen) atoms. The number of benzene rings is 1. The maximum absolute atomic E-state index is 12.3. The molecule has 2 rings (SSSR count). The van der Waals surface area contributed by atoms with E-state index in [1.54, 1.807) is 0 Å². The Morgan fingerprint density at radius 2 is 2.05 bits per heavy atom. The van der Waals surface area contributed by atoms with Crippen LogP contribution < -0.4 is 11.1 Å². The Morgan fingerprint density at radius 3 is 2.62 bits per heavy atom. The SMILES string of the molecule is N[C@@H](CO)C(=O)C1CCN[C@]1(Cc1ccccc1)C(=O)O. The molecular weight excluding hydrogens is 272 g/mol. The van der Waals surface area contributed by atoms with E-state index in [9.17, 15) is 14.7 Å². The summed E-state index contributed by atoms with van der Waals surface area (Å²) in [4.78, 5) is 24.1. The number of Topliss-reactive ketones (excluding diaryl/α,β-unsaturated/α-hetero) is 1. The lowest BCUT2D eigenvalue weighted by Gasteiger charge is -2.31. The fourth-order valence-electron chi connectivity index (χ4n) is 2.95. The van der Waals surface area contributed by atoms with Crippen molar-refractivity contribution in [2.24, 2.45) is 11.7 Å². The van der Waals surface area contributed by atoms with Gasteiger partial charge in [-0.05, 0) is 18.5 Å². The van der Waals surface area contributed by atoms with Crippen LogP contribution in [0.1, 0.15) is 12.0 Å². The number of aliphatic hydroxyl groups excluding tert-OH is 1. The summed E-state index contributed by atoms with van der Waals surface area (Å²) in [5, 5.41) is 21.7. The molecule has 0 amide bonds. The molecule has 1 saturated heterocycles. The Kier molecular flexibility index (Phi) is 4.72. The van der Waals surface area contributed by atoms with Gasteiger partial charge in [-0.3, -0.25) is 9.59 Å². The third kappa shape index (κ3) is 2.97. The Hall–Kier alpha value is -1.76. The van der Waals surface area contributed by atoms with Crippen LogP contribution in [-0.4, -0.2) is 46.7 Å². The van der Waals surface area contributed by atoms with Crippen molar-refractivity contribution in [2.45, 2.75) is 24.4 Å². The minimum atomic E-state index is -1.36. The van der Waals surface area contributed by atoms with E-state index in [1.807, 2.05) is 30.3 Å². The average molecular weight is 292 g/mol. The van der Waals surface area contributed by atoms with Crippen molar-refractivity contribution in [2.75, 3.05) is 13.2 Å². The smallest absolute Gasteiger partial charge is 0.325 e. The van der Waals surface area contributed by atoms with Gasteiger partial charge in [-0.15, -0.1) is 0 Å². The molecule has 1 aliphatic heterocycles. The van der Waals surface area contributed by atoms with E-state index >= 15 is 0 Å². The molecule has 0 aromatic heterocycles. The van der Waals surface area contributed by atoms with E-state index in [0.29, 0.717) is 13.0 Å². The Labute approximate surface area is 123 Å². The second kappa shape index (κ2) is 6.34. The van der Waals surface area contributed by atoms with E-state index in [1.165, 1.54) is 0 Å². The first-order chi connectivity index (χ1) is 10.0. The number of carboxylic acids is 1. The van der Waals surface area contributed by atoms with Crippen LogP contribution in [0.2, 0.25) is 0 Å². The lowest BCUT2D eigenvalue weighted by molar-refractivity contribution is -0.149. The van der Waals surface area contributed by atoms with Crippen LogP contribution in [0.25, 0.3) is 0 Å². The average Bonchev–Trinajstić information content (AvgIpc) is 2.91. The number of carbonyl (C=O) groups excluding carboxylic acids is 1. The van der Waals surface area contributed by atoms with Crippen molar-refractivity contribution < 1.29 is 19.8 Å². The van der Waals surface area contributed by atoms with Gasteiger partial charge in [0, 0.05) is 12.3 Å². The molecule has 6 heteroatoms. The molecule has 0 radical (unpaired) electrons. The first-order valence-electron chi connectivity index (χ1n) is 6.94. The van der Waals surface area contributed by atoms with Crippen molar-refractivity contribution in [3.63, 3.8) is 0 Å². The lowest BCUT2D eigenvalue weighted by Crippen LogP contribution is -2.58. The molecule has 1 heterocycles. The Bertz CT molecular complexity index is 520. The molecule has 1 unspecified atom stereocenters. The van der Waals surface area contributed by atoms with Gasteiger partial charge in [0.25, 0.3) is 0 Å². The molecule has 1 fully saturated rings. The lowest BCUT2D eigenvalue weighted by atomic mass is 9.76. The Morgan fingerprint density at radius 1 is 1.38 bits per heavy atom. The van der Waals surface area contributed by atoms with Crippen molar-refractivity contribution >= 4 is 11.8 Å². The van der Waals surface area contributed by atoms with E-state index in [-0.39, 0.29) is 6.42 Å². The molecule has 114 valence electrons. The van der Waals surface area contributed by atoms with Crippen molar-refractivity contribution in [3.05, 3.63) is 35.9 Å². The number of carbonyl (C=O) groups is 2. The van der Waals surface area contributed by atoms with Crippen molar-refractivity contribution in [3.8, 4) is 0 Å². The second-order valence-electron chi connectivity index (χ2n) is 5.40. The third-order valence-corrected chi connectivity index (χ3v) is 4.08. The molecule has 6 nitrogen and oxygen atoms in total. The largest absolute Gasteiger partial charge is 0.480 e. The van der Waals surface area contributed by atoms with Gasteiger partial charge in [0.15, 0.2) is 5.78 Å². The monoisotopic (exact) mass is 292 g/mol. The van der Waals surface area contributed by atoms with Gasteiger partial charge in [0.05, 0.1) is 12.6 Å². The standard InChI is InChI=1S/C15H20N2O4/c16-12(9-18)13(19)11-6-7-17-15(11,14(20)21)8-10-4-2-1-3-5-10/h1-5,11-12,17-18H,6-9,16H2,(H,20,21)/t11?,12-,15-/m0/s1. The summed E-state index contributed by atoms with van der Waals surface area (Å²) >= 11 is 0. The van der Waals surface area contributed by atoms with Crippen LogP contribution in [0.4, 0.5) is 0 Å². The van der Waals surface area contributed by atoms with Gasteiger partial charge in [0.1, 0.15) is 5.54 Å². The van der Waals surface area contributed by atoms with Crippen molar-refractivity contribution in [1.29, 1.82) is 0 Å². The minimum Gasteiger partial charge on any atom is -0.480 e. The maximum atomic E-state index is 12.3. The summed E-state index contributed by atoms with van der Waals surface area (Å²) in [6.45, 7) is -0.0376. The van der Waals surface area contributed by atoms with Gasteiger partial charge in [-0.25, -0.2) is 0 Å². The van der Waals surface area contributed by atoms with E-state index in [2.05, 4.69) is 5.32 Å². The summed E-state index contributed by atoms with van der Waals surface area (Å²) in [6.07, 6.45) is 0.614. The summed E-state index contributed by atoms with van der Waals surface area (Å²) in [7, 11) is 0. The predicted octanol–water partition coefficient (Wildman–Crippen LogP) is -0.449. The molecule has 0 aliphatic carbocycles. The molecule has 1 aliphatic rings. The van der Waals surface area contributed by atoms with Crippen molar-refractivity contribution in [1.82, 2.24) is 5.32 Å². The summed E-state index contributed by atoms with van der Waals surface area (Å²) in [5.41, 5.74) is 5.07. The van der Waals surface area contributed by atoms with E-state index in [0.717, 1.165) is 5.56 Å². The normalized spacial score (nSPS) is 26.5. The van der Waals surface area contributed by atoms with Gasteiger partial charge in [-0.1, -0.05) is 30.3 Å². The minimum absolute atomic E-state index is 0.206. The topological polar surface area (TPSA) is 113 Å². The molecule has 1 aromatic carbocycles. The first kappa shape index (κ1) is 15.6. The number of aliphatic carboxylic acids is 1. The number of rotatable bonds is 6. The van der Waals surface area contributed by atoms with Crippen LogP contribution in [0.5, 0.6) is 0 Å². The fraction of sp³-hybridized carbons (Fsp3) is 0.467. The highest BCUT2D eigenvalue weighted by Gasteiger charge is 2.53. The summed E-state index contributed by atoms with van der Waals surface area (Å²) in [6, 6.07) is 8.13. The maximum Gasteiger partial charge on any atom is 0.325 e. The molecule has 1 aromatic rings. The first-order valence-corrected chi connectivity index (χ1v) is 6.94. The molecule has 0 saturated carbocycles.